The molecule has 3 rings (SSSR count). The van der Waals surface area contributed by atoms with Crippen LogP contribution in [0.25, 0.3) is 0 Å². The third-order valence-corrected chi connectivity index (χ3v) is 5.33. The van der Waals surface area contributed by atoms with Crippen LogP contribution in [-0.4, -0.2) is 56.9 Å². The van der Waals surface area contributed by atoms with Gasteiger partial charge in [0.2, 0.25) is 0 Å². The number of hydrogen-bond donors (Lipinski definition) is 1. The molecule has 2 aliphatic heterocycles. The molecule has 0 radical (unpaired) electrons. The van der Waals surface area contributed by atoms with Gasteiger partial charge in [0, 0.05) is 26.1 Å². The van der Waals surface area contributed by atoms with Crippen molar-refractivity contribution in [3.05, 3.63) is 35.9 Å². The van der Waals surface area contributed by atoms with Crippen LogP contribution in [0.1, 0.15) is 46.6 Å². The first kappa shape index (κ1) is 18.2. The second-order valence-electron chi connectivity index (χ2n) is 9.02. The molecule has 138 valence electrons. The van der Waals surface area contributed by atoms with E-state index in [4.69, 9.17) is 4.74 Å². The average molecular weight is 346 g/mol. The SMILES string of the molecule is CC(C)(C)OC(=O)N1[C@@]2(C)C[C@H](O)[C@@]1(C)CN(Cc1ccccc1)C2. The van der Waals surface area contributed by atoms with Crippen LogP contribution >= 0.6 is 0 Å². The Morgan fingerprint density at radius 3 is 2.44 bits per heavy atom. The zero-order valence-electron chi connectivity index (χ0n) is 16.0. The molecular formula is C20H30N2O3. The molecule has 5 heteroatoms. The van der Waals surface area contributed by atoms with Gasteiger partial charge in [-0.2, -0.15) is 0 Å². The van der Waals surface area contributed by atoms with Crippen LogP contribution in [0.4, 0.5) is 4.79 Å². The molecule has 0 aliphatic carbocycles. The molecule has 25 heavy (non-hydrogen) atoms. The number of carbonyl (C=O) groups is 1. The quantitative estimate of drug-likeness (QED) is 0.894. The number of likely N-dealkylation sites (tertiary alicyclic amines) is 1. The van der Waals surface area contributed by atoms with Crippen molar-refractivity contribution in [1.29, 1.82) is 0 Å². The van der Waals surface area contributed by atoms with Gasteiger partial charge >= 0.3 is 6.09 Å². The number of piperazine rings is 1. The maximum absolute atomic E-state index is 12.9. The molecule has 2 saturated heterocycles. The minimum Gasteiger partial charge on any atom is -0.444 e. The van der Waals surface area contributed by atoms with Gasteiger partial charge in [0.05, 0.1) is 17.2 Å². The summed E-state index contributed by atoms with van der Waals surface area (Å²) in [6.45, 7) is 11.8. The topological polar surface area (TPSA) is 53.0 Å². The molecule has 0 unspecified atom stereocenters. The molecule has 1 aromatic carbocycles. The summed E-state index contributed by atoms with van der Waals surface area (Å²) in [5, 5.41) is 10.7. The van der Waals surface area contributed by atoms with Gasteiger partial charge in [0.1, 0.15) is 5.60 Å². The van der Waals surface area contributed by atoms with Crippen LogP contribution in [0, 0.1) is 0 Å². The maximum atomic E-state index is 12.9. The van der Waals surface area contributed by atoms with E-state index >= 15 is 0 Å². The van der Waals surface area contributed by atoms with E-state index in [1.54, 1.807) is 4.90 Å². The molecule has 5 nitrogen and oxygen atoms in total. The molecule has 2 fully saturated rings. The standard InChI is InChI=1S/C20H30N2O3/c1-18(2,3)25-17(24)22-19(4)11-16(23)20(22,5)14-21(13-19)12-15-9-7-6-8-10-15/h6-10,16,23H,11-14H2,1-5H3/t16-,19-,20+/m0/s1. The Labute approximate surface area is 150 Å². The fourth-order valence-corrected chi connectivity index (χ4v) is 4.48. The summed E-state index contributed by atoms with van der Waals surface area (Å²) in [5.74, 6) is 0. The average Bonchev–Trinajstić information content (AvgIpc) is 2.57. The largest absolute Gasteiger partial charge is 0.444 e. The number of nitrogens with zero attached hydrogens (tertiary/aromatic N) is 2. The first-order chi connectivity index (χ1) is 11.5. The maximum Gasteiger partial charge on any atom is 0.411 e. The van der Waals surface area contributed by atoms with E-state index in [-0.39, 0.29) is 6.09 Å². The van der Waals surface area contributed by atoms with E-state index in [0.717, 1.165) is 13.1 Å². The lowest BCUT2D eigenvalue weighted by molar-refractivity contribution is -0.0710. The number of aliphatic hydroxyl groups excluding tert-OH is 1. The molecular weight excluding hydrogens is 316 g/mol. The lowest BCUT2D eigenvalue weighted by Crippen LogP contribution is -2.68. The molecule has 2 bridgehead atoms. The van der Waals surface area contributed by atoms with E-state index in [1.165, 1.54) is 5.56 Å². The molecule has 2 aliphatic rings. The lowest BCUT2D eigenvalue weighted by Gasteiger charge is -2.52. The van der Waals surface area contributed by atoms with Crippen molar-refractivity contribution in [2.75, 3.05) is 13.1 Å². The smallest absolute Gasteiger partial charge is 0.411 e. The minimum absolute atomic E-state index is 0.326. The zero-order chi connectivity index (χ0) is 18.5. The summed E-state index contributed by atoms with van der Waals surface area (Å²) in [5.41, 5.74) is -0.363. The van der Waals surface area contributed by atoms with E-state index in [9.17, 15) is 9.90 Å². The summed E-state index contributed by atoms with van der Waals surface area (Å²) in [4.78, 5) is 17.0. The van der Waals surface area contributed by atoms with Crippen LogP contribution in [0.2, 0.25) is 0 Å². The second-order valence-corrected chi connectivity index (χ2v) is 9.02. The number of carbonyl (C=O) groups excluding carboxylic acids is 1. The number of benzene rings is 1. The summed E-state index contributed by atoms with van der Waals surface area (Å²) in [7, 11) is 0. The summed E-state index contributed by atoms with van der Waals surface area (Å²) in [6, 6.07) is 10.3. The molecule has 0 aromatic heterocycles. The number of ether oxygens (including phenoxy) is 1. The Hall–Kier alpha value is -1.59. The van der Waals surface area contributed by atoms with Crippen molar-refractivity contribution in [1.82, 2.24) is 9.80 Å². The van der Waals surface area contributed by atoms with Gasteiger partial charge in [-0.1, -0.05) is 30.3 Å². The highest BCUT2D eigenvalue weighted by atomic mass is 16.6. The van der Waals surface area contributed by atoms with Gasteiger partial charge in [-0.3, -0.25) is 9.80 Å². The van der Waals surface area contributed by atoms with E-state index in [1.807, 2.05) is 45.9 Å². The van der Waals surface area contributed by atoms with Crippen molar-refractivity contribution < 1.29 is 14.6 Å². The van der Waals surface area contributed by atoms with Gasteiger partial charge in [-0.25, -0.2) is 4.79 Å². The molecule has 2 heterocycles. The summed E-state index contributed by atoms with van der Waals surface area (Å²) < 4.78 is 5.65. The highest BCUT2D eigenvalue weighted by Gasteiger charge is 2.62. The van der Waals surface area contributed by atoms with Gasteiger partial charge in [0.25, 0.3) is 0 Å². The molecule has 1 aromatic rings. The van der Waals surface area contributed by atoms with Crippen molar-refractivity contribution >= 4 is 6.09 Å². The summed E-state index contributed by atoms with van der Waals surface area (Å²) >= 11 is 0. The monoisotopic (exact) mass is 346 g/mol. The second kappa shape index (κ2) is 5.99. The van der Waals surface area contributed by atoms with Crippen LogP contribution in [0.15, 0.2) is 30.3 Å². The van der Waals surface area contributed by atoms with Crippen molar-refractivity contribution in [2.24, 2.45) is 0 Å². The third-order valence-electron chi connectivity index (χ3n) is 5.33. The fraction of sp³-hybridized carbons (Fsp3) is 0.650. The van der Waals surface area contributed by atoms with Gasteiger partial charge < -0.3 is 9.84 Å². The predicted molar refractivity (Wildman–Crippen MR) is 97.2 cm³/mol. The van der Waals surface area contributed by atoms with Gasteiger partial charge in [-0.05, 0) is 40.2 Å². The Morgan fingerprint density at radius 1 is 1.24 bits per heavy atom. The third kappa shape index (κ3) is 3.40. The zero-order valence-corrected chi connectivity index (χ0v) is 16.0. The first-order valence-electron chi connectivity index (χ1n) is 9.01. The predicted octanol–water partition coefficient (Wildman–Crippen LogP) is 3.02. The van der Waals surface area contributed by atoms with Crippen LogP contribution in [0.3, 0.4) is 0 Å². The van der Waals surface area contributed by atoms with Crippen LogP contribution in [-0.2, 0) is 11.3 Å². The highest BCUT2D eigenvalue weighted by molar-refractivity contribution is 5.71. The first-order valence-corrected chi connectivity index (χ1v) is 9.01. The van der Waals surface area contributed by atoms with E-state index < -0.39 is 22.8 Å². The Bertz CT molecular complexity index is 642. The Kier molecular flexibility index (Phi) is 4.36. The van der Waals surface area contributed by atoms with E-state index in [2.05, 4.69) is 24.0 Å². The summed E-state index contributed by atoms with van der Waals surface area (Å²) in [6.07, 6.45) is -0.298. The molecule has 0 saturated carbocycles. The number of hydrogen-bond acceptors (Lipinski definition) is 4. The minimum atomic E-state index is -0.635. The molecule has 0 spiro atoms. The van der Waals surface area contributed by atoms with Crippen LogP contribution in [0.5, 0.6) is 0 Å². The number of amides is 1. The van der Waals surface area contributed by atoms with E-state index in [0.29, 0.717) is 13.0 Å². The molecule has 1 amide bonds. The van der Waals surface area contributed by atoms with Gasteiger partial charge in [0.15, 0.2) is 0 Å². The van der Waals surface area contributed by atoms with Crippen molar-refractivity contribution in [3.8, 4) is 0 Å². The lowest BCUT2D eigenvalue weighted by atomic mass is 9.94. The molecule has 3 atom stereocenters. The van der Waals surface area contributed by atoms with Crippen LogP contribution < -0.4 is 0 Å². The fourth-order valence-electron chi connectivity index (χ4n) is 4.48. The van der Waals surface area contributed by atoms with Crippen molar-refractivity contribution in [3.63, 3.8) is 0 Å². The number of aliphatic hydroxyl groups is 1. The highest BCUT2D eigenvalue weighted by Crippen LogP contribution is 2.46. The number of fused-ring (bicyclic) bond motifs is 2. The Morgan fingerprint density at radius 2 is 1.88 bits per heavy atom. The number of rotatable bonds is 2. The Balaban J connectivity index is 1.84. The van der Waals surface area contributed by atoms with Crippen molar-refractivity contribution in [2.45, 2.75) is 70.4 Å². The van der Waals surface area contributed by atoms with Gasteiger partial charge in [-0.15, -0.1) is 0 Å². The molecule has 1 N–H and O–H groups in total. The normalized spacial score (nSPS) is 32.7.